The lowest BCUT2D eigenvalue weighted by atomic mass is 9.97. The lowest BCUT2D eigenvalue weighted by molar-refractivity contribution is -0.148. The van der Waals surface area contributed by atoms with Gasteiger partial charge in [-0.25, -0.2) is 18.9 Å². The molecule has 1 aliphatic rings. The molecule has 1 aliphatic heterocycles. The number of piperidine rings is 1. The molecular weight excluding hydrogens is 424 g/mol. The van der Waals surface area contributed by atoms with Crippen molar-refractivity contribution in [2.45, 2.75) is 52.6 Å². The minimum absolute atomic E-state index is 0.0176. The molecule has 2 aromatic heterocycles. The number of amides is 1. The largest absolute Gasteiger partial charge is 0.466 e. The van der Waals surface area contributed by atoms with E-state index >= 15 is 0 Å². The van der Waals surface area contributed by atoms with Crippen LogP contribution in [0, 0.1) is 5.92 Å². The van der Waals surface area contributed by atoms with Crippen LogP contribution >= 0.6 is 0 Å². The molecule has 4 rings (SSSR count). The number of ether oxygens (including phenoxy) is 1. The Bertz CT molecular complexity index is 1220. The molecule has 1 N–H and O–H groups in total. The zero-order valence-electron chi connectivity index (χ0n) is 19.3. The van der Waals surface area contributed by atoms with Gasteiger partial charge in [-0.15, -0.1) is 5.10 Å². The number of fused-ring (bicyclic) bond motifs is 3. The predicted octanol–water partition coefficient (Wildman–Crippen LogP) is 1.74. The number of esters is 1. The lowest BCUT2D eigenvalue weighted by Crippen LogP contribution is -2.37. The number of nitrogens with one attached hydrogen (secondary N) is 1. The molecule has 3 aromatic rings. The molecule has 10 nitrogen and oxygen atoms in total. The standard InChI is InChI=1S/C23H30N6O4/c1-4-15(3)24-19(30)14-28-23(32)29-18-9-7-6-8-17(18)25-20(21(29)26-28)27-12-10-16(11-13-27)22(31)33-5-2/h6-9,15-16H,4-5,10-14H2,1-3H3,(H,24,30)/t15-/m0/s1. The fourth-order valence-electron chi connectivity index (χ4n) is 4.14. The van der Waals surface area contributed by atoms with Gasteiger partial charge < -0.3 is 15.0 Å². The first kappa shape index (κ1) is 22.8. The molecule has 10 heteroatoms. The second kappa shape index (κ2) is 9.60. The number of carbonyl (C=O) groups is 2. The second-order valence-electron chi connectivity index (χ2n) is 8.41. The van der Waals surface area contributed by atoms with Crippen LogP contribution < -0.4 is 15.9 Å². The number of hydrogen-bond donors (Lipinski definition) is 1. The number of hydrogen-bond acceptors (Lipinski definition) is 7. The van der Waals surface area contributed by atoms with E-state index in [1.807, 2.05) is 43.0 Å². The average molecular weight is 455 g/mol. The van der Waals surface area contributed by atoms with Gasteiger partial charge in [0.05, 0.1) is 23.6 Å². The normalized spacial score (nSPS) is 15.7. The molecule has 0 spiro atoms. The lowest BCUT2D eigenvalue weighted by Gasteiger charge is -2.31. The third-order valence-electron chi connectivity index (χ3n) is 6.12. The molecule has 1 atom stereocenters. The number of nitrogens with zero attached hydrogens (tertiary/aromatic N) is 5. The molecule has 1 amide bonds. The summed E-state index contributed by atoms with van der Waals surface area (Å²) in [7, 11) is 0. The van der Waals surface area contributed by atoms with Gasteiger partial charge in [0.15, 0.2) is 5.82 Å². The van der Waals surface area contributed by atoms with Crippen molar-refractivity contribution in [1.29, 1.82) is 0 Å². The summed E-state index contributed by atoms with van der Waals surface area (Å²) in [6, 6.07) is 7.39. The summed E-state index contributed by atoms with van der Waals surface area (Å²) in [5.41, 5.74) is 1.32. The Labute approximate surface area is 191 Å². The third-order valence-corrected chi connectivity index (χ3v) is 6.12. The number of para-hydroxylation sites is 2. The molecule has 0 radical (unpaired) electrons. The summed E-state index contributed by atoms with van der Waals surface area (Å²) in [5, 5.41) is 7.38. The zero-order valence-corrected chi connectivity index (χ0v) is 19.3. The predicted molar refractivity (Wildman–Crippen MR) is 124 cm³/mol. The van der Waals surface area contributed by atoms with Crippen LogP contribution in [0.4, 0.5) is 5.82 Å². The number of aromatic nitrogens is 4. The van der Waals surface area contributed by atoms with Gasteiger partial charge in [-0.3, -0.25) is 9.59 Å². The third kappa shape index (κ3) is 4.55. The summed E-state index contributed by atoms with van der Waals surface area (Å²) < 4.78 is 7.88. The van der Waals surface area contributed by atoms with E-state index in [4.69, 9.17) is 9.72 Å². The van der Waals surface area contributed by atoms with Crippen LogP contribution in [-0.2, 0) is 20.9 Å². The number of benzene rings is 1. The van der Waals surface area contributed by atoms with Crippen molar-refractivity contribution < 1.29 is 14.3 Å². The van der Waals surface area contributed by atoms with Gasteiger partial charge in [-0.1, -0.05) is 19.1 Å². The van der Waals surface area contributed by atoms with E-state index in [9.17, 15) is 14.4 Å². The van der Waals surface area contributed by atoms with E-state index in [2.05, 4.69) is 10.4 Å². The van der Waals surface area contributed by atoms with E-state index in [0.29, 0.717) is 55.0 Å². The highest BCUT2D eigenvalue weighted by Gasteiger charge is 2.29. The van der Waals surface area contributed by atoms with E-state index in [1.54, 1.807) is 6.92 Å². The van der Waals surface area contributed by atoms with Crippen molar-refractivity contribution in [3.63, 3.8) is 0 Å². The van der Waals surface area contributed by atoms with Gasteiger partial charge in [-0.2, -0.15) is 0 Å². The Kier molecular flexibility index (Phi) is 6.62. The van der Waals surface area contributed by atoms with Crippen LogP contribution in [-0.4, -0.2) is 56.8 Å². The molecule has 1 saturated heterocycles. The Morgan fingerprint density at radius 3 is 2.64 bits per heavy atom. The number of rotatable bonds is 7. The number of carbonyl (C=O) groups excluding carboxylic acids is 2. The van der Waals surface area contributed by atoms with E-state index in [-0.39, 0.29) is 36.1 Å². The van der Waals surface area contributed by atoms with Crippen molar-refractivity contribution in [1.82, 2.24) is 24.5 Å². The average Bonchev–Trinajstić information content (AvgIpc) is 3.14. The zero-order chi connectivity index (χ0) is 23.5. The van der Waals surface area contributed by atoms with Crippen LogP contribution in [0.3, 0.4) is 0 Å². The Hall–Kier alpha value is -3.43. The molecule has 3 heterocycles. The summed E-state index contributed by atoms with van der Waals surface area (Å²) in [6.07, 6.45) is 2.08. The minimum atomic E-state index is -0.384. The first-order chi connectivity index (χ1) is 15.9. The van der Waals surface area contributed by atoms with E-state index in [1.165, 1.54) is 9.08 Å². The SMILES string of the molecule is CCOC(=O)C1CCN(c2nc3ccccc3n3c(=O)n(CC(=O)N[C@@H](C)CC)nc23)CC1. The van der Waals surface area contributed by atoms with Crippen molar-refractivity contribution in [3.8, 4) is 0 Å². The van der Waals surface area contributed by atoms with Crippen molar-refractivity contribution >= 4 is 34.4 Å². The number of anilines is 1. The fraction of sp³-hybridized carbons (Fsp3) is 0.522. The molecule has 0 unspecified atom stereocenters. The molecule has 0 saturated carbocycles. The van der Waals surface area contributed by atoms with Gasteiger partial charge in [0.25, 0.3) is 0 Å². The topological polar surface area (TPSA) is 111 Å². The highest BCUT2D eigenvalue weighted by molar-refractivity contribution is 5.83. The highest BCUT2D eigenvalue weighted by atomic mass is 16.5. The Balaban J connectivity index is 1.70. The molecule has 0 aliphatic carbocycles. The first-order valence-corrected chi connectivity index (χ1v) is 11.5. The van der Waals surface area contributed by atoms with Gasteiger partial charge in [0, 0.05) is 19.1 Å². The van der Waals surface area contributed by atoms with Gasteiger partial charge in [0.1, 0.15) is 6.54 Å². The maximum absolute atomic E-state index is 13.3. The summed E-state index contributed by atoms with van der Waals surface area (Å²) in [4.78, 5) is 44.7. The smallest absolute Gasteiger partial charge is 0.351 e. The van der Waals surface area contributed by atoms with Gasteiger partial charge in [-0.05, 0) is 45.2 Å². The Morgan fingerprint density at radius 1 is 1.21 bits per heavy atom. The first-order valence-electron chi connectivity index (χ1n) is 11.5. The maximum Gasteiger partial charge on any atom is 0.351 e. The summed E-state index contributed by atoms with van der Waals surface area (Å²) in [5.74, 6) is 0.0152. The van der Waals surface area contributed by atoms with Gasteiger partial charge in [0.2, 0.25) is 11.6 Å². The van der Waals surface area contributed by atoms with Crippen molar-refractivity contribution in [3.05, 3.63) is 34.7 Å². The minimum Gasteiger partial charge on any atom is -0.466 e. The highest BCUT2D eigenvalue weighted by Crippen LogP contribution is 2.27. The molecule has 176 valence electrons. The molecule has 1 aromatic carbocycles. The van der Waals surface area contributed by atoms with Crippen LogP contribution in [0.15, 0.2) is 29.1 Å². The maximum atomic E-state index is 13.3. The molecule has 33 heavy (non-hydrogen) atoms. The summed E-state index contributed by atoms with van der Waals surface area (Å²) in [6.45, 7) is 7.11. The van der Waals surface area contributed by atoms with E-state index in [0.717, 1.165) is 6.42 Å². The van der Waals surface area contributed by atoms with Crippen molar-refractivity contribution in [2.75, 3.05) is 24.6 Å². The second-order valence-corrected chi connectivity index (χ2v) is 8.41. The monoisotopic (exact) mass is 454 g/mol. The summed E-state index contributed by atoms with van der Waals surface area (Å²) >= 11 is 0. The van der Waals surface area contributed by atoms with Gasteiger partial charge >= 0.3 is 11.7 Å². The van der Waals surface area contributed by atoms with E-state index < -0.39 is 0 Å². The van der Waals surface area contributed by atoms with Crippen LogP contribution in [0.5, 0.6) is 0 Å². The Morgan fingerprint density at radius 2 is 1.94 bits per heavy atom. The fourth-order valence-corrected chi connectivity index (χ4v) is 4.14. The quantitative estimate of drug-likeness (QED) is 0.541. The van der Waals surface area contributed by atoms with Crippen LogP contribution in [0.2, 0.25) is 0 Å². The van der Waals surface area contributed by atoms with Crippen LogP contribution in [0.1, 0.15) is 40.0 Å². The van der Waals surface area contributed by atoms with Crippen LogP contribution in [0.25, 0.3) is 16.7 Å². The molecule has 0 bridgehead atoms. The molecular formula is C23H30N6O4. The molecule has 1 fully saturated rings. The van der Waals surface area contributed by atoms with Crippen molar-refractivity contribution in [2.24, 2.45) is 5.92 Å².